The fourth-order valence-corrected chi connectivity index (χ4v) is 0.335. The molecule has 2 N–H and O–H groups in total. The summed E-state index contributed by atoms with van der Waals surface area (Å²) in [5.41, 5.74) is 3.79. The number of carbonyl (C=O) groups is 2. The van der Waals surface area contributed by atoms with Gasteiger partial charge in [0.2, 0.25) is 0 Å². The first-order chi connectivity index (χ1) is 4.54. The Morgan fingerprint density at radius 1 is 1.30 bits per heavy atom. The predicted molar refractivity (Wildman–Crippen MR) is 41.2 cm³/mol. The molecule has 0 aliphatic carbocycles. The Morgan fingerprint density at radius 3 is 2.10 bits per heavy atom. The van der Waals surface area contributed by atoms with Gasteiger partial charge in [-0.05, 0) is 0 Å². The molecule has 0 saturated heterocycles. The van der Waals surface area contributed by atoms with E-state index in [-0.39, 0.29) is 0 Å². The number of thiol groups is 1. The minimum Gasteiger partial charge on any atom is -0.270 e. The van der Waals surface area contributed by atoms with E-state index in [9.17, 15) is 9.59 Å². The normalized spacial score (nSPS) is 9.20. The lowest BCUT2D eigenvalue weighted by atomic mass is 10.7. The molecule has 2 amide bonds. The third kappa shape index (κ3) is 4.72. The van der Waals surface area contributed by atoms with Crippen molar-refractivity contribution < 1.29 is 9.59 Å². The molecule has 0 aromatic carbocycles. The Morgan fingerprint density at radius 2 is 1.80 bits per heavy atom. The van der Waals surface area contributed by atoms with E-state index in [0.29, 0.717) is 0 Å². The summed E-state index contributed by atoms with van der Waals surface area (Å²) in [4.78, 5) is 19.3. The molecule has 0 bridgehead atoms. The summed E-state index contributed by atoms with van der Waals surface area (Å²) in [5.74, 6) is -0.703. The van der Waals surface area contributed by atoms with E-state index in [4.69, 9.17) is 23.2 Å². The van der Waals surface area contributed by atoms with Gasteiger partial charge in [0.15, 0.2) is 4.84 Å². The van der Waals surface area contributed by atoms with Gasteiger partial charge < -0.3 is 0 Å². The molecule has 0 spiro atoms. The number of hydrogen-bond donors (Lipinski definition) is 3. The number of hydrazine groups is 1. The molecular weight excluding hydrogens is 199 g/mol. The number of nitrogens with one attached hydrogen (secondary N) is 2. The van der Waals surface area contributed by atoms with Gasteiger partial charge in [0.25, 0.3) is 11.1 Å². The summed E-state index contributed by atoms with van der Waals surface area (Å²) < 4.78 is 0. The summed E-state index contributed by atoms with van der Waals surface area (Å²) in [6.07, 6.45) is 0. The van der Waals surface area contributed by atoms with Crippen molar-refractivity contribution in [2.24, 2.45) is 0 Å². The van der Waals surface area contributed by atoms with E-state index in [2.05, 4.69) is 12.6 Å². The molecule has 4 nitrogen and oxygen atoms in total. The van der Waals surface area contributed by atoms with E-state index in [1.54, 1.807) is 0 Å². The van der Waals surface area contributed by atoms with Gasteiger partial charge in [-0.15, -0.1) is 0 Å². The maximum atomic E-state index is 10.4. The molecule has 0 aliphatic rings. The summed E-state index contributed by atoms with van der Waals surface area (Å²) in [5, 5.41) is -0.692. The van der Waals surface area contributed by atoms with Gasteiger partial charge in [-0.1, -0.05) is 35.8 Å². The second-order valence-corrected chi connectivity index (χ2v) is 2.72. The van der Waals surface area contributed by atoms with E-state index >= 15 is 0 Å². The molecule has 0 aliphatic heterocycles. The maximum Gasteiger partial charge on any atom is 0.294 e. The summed E-state index contributed by atoms with van der Waals surface area (Å²) in [6, 6.07) is 0. The van der Waals surface area contributed by atoms with Gasteiger partial charge in [0.05, 0.1) is 0 Å². The number of amides is 2. The van der Waals surface area contributed by atoms with Crippen LogP contribution < -0.4 is 10.9 Å². The molecule has 0 rings (SSSR count). The molecule has 0 saturated carbocycles. The Labute approximate surface area is 72.6 Å². The minimum absolute atomic E-state index is 0.692. The Hall–Kier alpha value is -0.130. The van der Waals surface area contributed by atoms with Crippen molar-refractivity contribution in [1.29, 1.82) is 0 Å². The van der Waals surface area contributed by atoms with Crippen LogP contribution in [0.3, 0.4) is 0 Å². The first-order valence-electron chi connectivity index (χ1n) is 2.11. The van der Waals surface area contributed by atoms with Crippen molar-refractivity contribution in [2.75, 3.05) is 0 Å². The standard InChI is InChI=1S/C3H4Cl2N2O2S/c4-1(5)2(8)6-7-3(9)10/h1H,(H,6,8)(H2,7,9,10). The van der Waals surface area contributed by atoms with Crippen molar-refractivity contribution >= 4 is 47.0 Å². The monoisotopic (exact) mass is 202 g/mol. The maximum absolute atomic E-state index is 10.4. The number of rotatable bonds is 1. The molecule has 0 unspecified atom stereocenters. The largest absolute Gasteiger partial charge is 0.294 e. The van der Waals surface area contributed by atoms with Gasteiger partial charge in [0.1, 0.15) is 0 Å². The smallest absolute Gasteiger partial charge is 0.270 e. The number of carbonyl (C=O) groups excluding carboxylic acids is 2. The number of hydrogen-bond acceptors (Lipinski definition) is 2. The van der Waals surface area contributed by atoms with Crippen LogP contribution >= 0.6 is 35.8 Å². The zero-order valence-electron chi connectivity index (χ0n) is 4.60. The van der Waals surface area contributed by atoms with Crippen molar-refractivity contribution in [3.05, 3.63) is 0 Å². The van der Waals surface area contributed by atoms with Crippen LogP contribution in [0.1, 0.15) is 0 Å². The van der Waals surface area contributed by atoms with Gasteiger partial charge in [-0.2, -0.15) is 0 Å². The molecule has 0 atom stereocenters. The van der Waals surface area contributed by atoms with Crippen LogP contribution in [0, 0.1) is 0 Å². The lowest BCUT2D eigenvalue weighted by Gasteiger charge is -2.02. The van der Waals surface area contributed by atoms with Gasteiger partial charge in [-0.25, -0.2) is 0 Å². The van der Waals surface area contributed by atoms with Gasteiger partial charge in [-0.3, -0.25) is 20.4 Å². The average Bonchev–Trinajstić information content (AvgIpc) is 1.82. The summed E-state index contributed by atoms with van der Waals surface area (Å²) in [6.45, 7) is 0. The third-order valence-corrected chi connectivity index (χ3v) is 0.999. The van der Waals surface area contributed by atoms with E-state index in [1.807, 2.05) is 10.9 Å². The fraction of sp³-hybridized carbons (Fsp3) is 0.333. The van der Waals surface area contributed by atoms with Crippen LogP contribution in [0.2, 0.25) is 0 Å². The first kappa shape index (κ1) is 9.87. The second kappa shape index (κ2) is 4.65. The predicted octanol–water partition coefficient (Wildman–Crippen LogP) is 0.461. The van der Waals surface area contributed by atoms with Gasteiger partial charge in [0, 0.05) is 0 Å². The Balaban J connectivity index is 3.50. The third-order valence-electron chi connectivity index (χ3n) is 0.491. The first-order valence-corrected chi connectivity index (χ1v) is 3.43. The summed E-state index contributed by atoms with van der Waals surface area (Å²) >= 11 is 13.5. The lowest BCUT2D eigenvalue weighted by Crippen LogP contribution is -2.41. The molecule has 0 fully saturated rings. The topological polar surface area (TPSA) is 58.2 Å². The van der Waals surface area contributed by atoms with Crippen molar-refractivity contribution in [3.63, 3.8) is 0 Å². The van der Waals surface area contributed by atoms with Crippen LogP contribution in [0.4, 0.5) is 4.79 Å². The van der Waals surface area contributed by atoms with Crippen LogP contribution in [0.25, 0.3) is 0 Å². The average molecular weight is 203 g/mol. The molecule has 0 aromatic rings. The molecule has 0 heterocycles. The highest BCUT2D eigenvalue weighted by atomic mass is 35.5. The highest BCUT2D eigenvalue weighted by Crippen LogP contribution is 1.99. The molecular formula is C3H4Cl2N2O2S. The van der Waals surface area contributed by atoms with Crippen molar-refractivity contribution in [2.45, 2.75) is 4.84 Å². The number of halogens is 2. The molecule has 0 aromatic heterocycles. The fourth-order valence-electron chi connectivity index (χ4n) is 0.170. The zero-order chi connectivity index (χ0) is 8.15. The van der Waals surface area contributed by atoms with E-state index in [0.717, 1.165) is 0 Å². The lowest BCUT2D eigenvalue weighted by molar-refractivity contribution is -0.120. The SMILES string of the molecule is O=C(S)NNC(=O)C(Cl)Cl. The highest BCUT2D eigenvalue weighted by molar-refractivity contribution is 7.96. The van der Waals surface area contributed by atoms with Gasteiger partial charge >= 0.3 is 0 Å². The molecule has 0 radical (unpaired) electrons. The molecule has 7 heteroatoms. The molecule has 10 heavy (non-hydrogen) atoms. The van der Waals surface area contributed by atoms with Crippen LogP contribution in [0.5, 0.6) is 0 Å². The van der Waals surface area contributed by atoms with Crippen molar-refractivity contribution in [1.82, 2.24) is 10.9 Å². The van der Waals surface area contributed by atoms with E-state index < -0.39 is 16.0 Å². The second-order valence-electron chi connectivity index (χ2n) is 1.22. The summed E-state index contributed by atoms with van der Waals surface area (Å²) in [7, 11) is 0. The van der Waals surface area contributed by atoms with Crippen LogP contribution in [-0.4, -0.2) is 16.0 Å². The zero-order valence-corrected chi connectivity index (χ0v) is 7.00. The molecule has 58 valence electrons. The Kier molecular flexibility index (Phi) is 4.59. The highest BCUT2D eigenvalue weighted by Gasteiger charge is 2.10. The van der Waals surface area contributed by atoms with E-state index in [1.165, 1.54) is 0 Å². The minimum atomic E-state index is -1.19. The quantitative estimate of drug-likeness (QED) is 0.329. The van der Waals surface area contributed by atoms with Crippen LogP contribution in [0.15, 0.2) is 0 Å². The Bertz CT molecular complexity index is 151. The van der Waals surface area contributed by atoms with Crippen molar-refractivity contribution in [3.8, 4) is 0 Å². The number of alkyl halides is 2. The van der Waals surface area contributed by atoms with Crippen LogP contribution in [-0.2, 0) is 4.79 Å².